The minimum atomic E-state index is -0.908. The standard InChI is InChI=1S/C19H34N2O4/c1-17(2,3)24-15(22)13-18(4,5)25-16(23)20-21-12-11-19(14-21)9-7-6-8-10-19/h6-14H2,1-5H3,(H,20,23). The average molecular weight is 354 g/mol. The van der Waals surface area contributed by atoms with E-state index in [-0.39, 0.29) is 12.4 Å². The maximum Gasteiger partial charge on any atom is 0.422 e. The van der Waals surface area contributed by atoms with E-state index in [1.807, 2.05) is 25.8 Å². The van der Waals surface area contributed by atoms with Crippen LogP contribution in [0, 0.1) is 5.41 Å². The fourth-order valence-electron chi connectivity index (χ4n) is 3.90. The zero-order valence-electron chi connectivity index (χ0n) is 16.4. The summed E-state index contributed by atoms with van der Waals surface area (Å²) in [6.45, 7) is 10.7. The second-order valence-corrected chi connectivity index (χ2v) is 9.26. The molecule has 0 radical (unpaired) electrons. The summed E-state index contributed by atoms with van der Waals surface area (Å²) in [7, 11) is 0. The summed E-state index contributed by atoms with van der Waals surface area (Å²) in [5, 5.41) is 1.97. The fraction of sp³-hybridized carbons (Fsp3) is 0.895. The second-order valence-electron chi connectivity index (χ2n) is 9.26. The summed E-state index contributed by atoms with van der Waals surface area (Å²) in [4.78, 5) is 24.2. The number of hydrogen-bond acceptors (Lipinski definition) is 5. The van der Waals surface area contributed by atoms with Gasteiger partial charge >= 0.3 is 12.1 Å². The molecule has 0 aromatic rings. The molecule has 1 aliphatic heterocycles. The van der Waals surface area contributed by atoms with Crippen LogP contribution >= 0.6 is 0 Å². The Morgan fingerprint density at radius 3 is 2.24 bits per heavy atom. The van der Waals surface area contributed by atoms with E-state index in [0.29, 0.717) is 5.41 Å². The number of nitrogens with zero attached hydrogens (tertiary/aromatic N) is 1. The first-order valence-electron chi connectivity index (χ1n) is 9.45. The summed E-state index contributed by atoms with van der Waals surface area (Å²) in [6.07, 6.45) is 7.09. The van der Waals surface area contributed by atoms with Crippen molar-refractivity contribution < 1.29 is 19.1 Å². The van der Waals surface area contributed by atoms with Crippen LogP contribution in [-0.4, -0.2) is 41.4 Å². The van der Waals surface area contributed by atoms with Crippen LogP contribution in [0.25, 0.3) is 0 Å². The number of rotatable bonds is 4. The Kier molecular flexibility index (Phi) is 6.02. The zero-order valence-corrected chi connectivity index (χ0v) is 16.4. The molecule has 1 N–H and O–H groups in total. The Morgan fingerprint density at radius 1 is 1.00 bits per heavy atom. The van der Waals surface area contributed by atoms with Gasteiger partial charge in [0.1, 0.15) is 11.2 Å². The number of ether oxygens (including phenoxy) is 2. The van der Waals surface area contributed by atoms with E-state index in [4.69, 9.17) is 9.47 Å². The zero-order chi connectivity index (χ0) is 18.7. The topological polar surface area (TPSA) is 67.9 Å². The SMILES string of the molecule is CC(C)(C)OC(=O)CC(C)(C)OC(=O)NN1CCC2(CCCCC2)C1. The van der Waals surface area contributed by atoms with Crippen LogP contribution in [0.4, 0.5) is 4.79 Å². The summed E-state index contributed by atoms with van der Waals surface area (Å²) in [6, 6.07) is 0. The third-order valence-electron chi connectivity index (χ3n) is 4.96. The van der Waals surface area contributed by atoms with Gasteiger partial charge in [-0.05, 0) is 59.3 Å². The van der Waals surface area contributed by atoms with Gasteiger partial charge in [-0.25, -0.2) is 9.80 Å². The third kappa shape index (κ3) is 6.49. The predicted octanol–water partition coefficient (Wildman–Crippen LogP) is 3.79. The molecular formula is C19H34N2O4. The van der Waals surface area contributed by atoms with E-state index in [1.54, 1.807) is 13.8 Å². The van der Waals surface area contributed by atoms with Gasteiger partial charge in [0, 0.05) is 13.1 Å². The van der Waals surface area contributed by atoms with E-state index in [2.05, 4.69) is 5.43 Å². The highest BCUT2D eigenvalue weighted by Gasteiger charge is 2.40. The second kappa shape index (κ2) is 7.52. The summed E-state index contributed by atoms with van der Waals surface area (Å²) in [5.74, 6) is -0.368. The van der Waals surface area contributed by atoms with E-state index in [1.165, 1.54) is 32.1 Å². The summed E-state index contributed by atoms with van der Waals surface area (Å²) in [5.41, 5.74) is 1.77. The van der Waals surface area contributed by atoms with E-state index >= 15 is 0 Å². The van der Waals surface area contributed by atoms with Gasteiger partial charge in [-0.1, -0.05) is 19.3 Å². The monoisotopic (exact) mass is 354 g/mol. The lowest BCUT2D eigenvalue weighted by Crippen LogP contribution is -2.45. The van der Waals surface area contributed by atoms with Gasteiger partial charge in [-0.2, -0.15) is 0 Å². The first-order valence-corrected chi connectivity index (χ1v) is 9.45. The first kappa shape index (κ1) is 20.0. The van der Waals surface area contributed by atoms with Crippen LogP contribution in [0.15, 0.2) is 0 Å². The Labute approximate surface area is 151 Å². The lowest BCUT2D eigenvalue weighted by atomic mass is 9.74. The van der Waals surface area contributed by atoms with Crippen molar-refractivity contribution in [2.45, 2.75) is 90.8 Å². The van der Waals surface area contributed by atoms with Crippen molar-refractivity contribution >= 4 is 12.1 Å². The Bertz CT molecular complexity index is 490. The molecule has 0 unspecified atom stereocenters. The van der Waals surface area contributed by atoms with Crippen LogP contribution in [0.5, 0.6) is 0 Å². The summed E-state index contributed by atoms with van der Waals surface area (Å²) >= 11 is 0. The average Bonchev–Trinajstić information content (AvgIpc) is 2.77. The number of carbonyl (C=O) groups excluding carboxylic acids is 2. The minimum Gasteiger partial charge on any atom is -0.460 e. The lowest BCUT2D eigenvalue weighted by molar-refractivity contribution is -0.159. The largest absolute Gasteiger partial charge is 0.460 e. The molecule has 6 nitrogen and oxygen atoms in total. The van der Waals surface area contributed by atoms with Crippen molar-refractivity contribution in [2.75, 3.05) is 13.1 Å². The molecule has 0 bridgehead atoms. The highest BCUT2D eigenvalue weighted by molar-refractivity contribution is 5.72. The van der Waals surface area contributed by atoms with Gasteiger partial charge < -0.3 is 9.47 Å². The van der Waals surface area contributed by atoms with Crippen molar-refractivity contribution in [1.82, 2.24) is 10.4 Å². The molecule has 2 aliphatic rings. The number of amides is 1. The van der Waals surface area contributed by atoms with Gasteiger partial charge in [0.25, 0.3) is 0 Å². The van der Waals surface area contributed by atoms with E-state index in [9.17, 15) is 9.59 Å². The smallest absolute Gasteiger partial charge is 0.422 e. The van der Waals surface area contributed by atoms with Crippen molar-refractivity contribution in [1.29, 1.82) is 0 Å². The minimum absolute atomic E-state index is 0.0294. The molecule has 144 valence electrons. The molecule has 1 amide bonds. The molecule has 2 fully saturated rings. The normalized spacial score (nSPS) is 21.2. The predicted molar refractivity (Wildman–Crippen MR) is 95.9 cm³/mol. The van der Waals surface area contributed by atoms with Gasteiger partial charge in [-0.3, -0.25) is 10.2 Å². The fourth-order valence-corrected chi connectivity index (χ4v) is 3.90. The van der Waals surface area contributed by atoms with Crippen molar-refractivity contribution in [3.63, 3.8) is 0 Å². The van der Waals surface area contributed by atoms with Crippen LogP contribution in [0.3, 0.4) is 0 Å². The number of nitrogens with one attached hydrogen (secondary N) is 1. The van der Waals surface area contributed by atoms with E-state index < -0.39 is 17.3 Å². The van der Waals surface area contributed by atoms with Gasteiger partial charge in [0.05, 0.1) is 6.42 Å². The maximum atomic E-state index is 12.2. The highest BCUT2D eigenvalue weighted by atomic mass is 16.6. The number of esters is 1. The molecule has 1 saturated carbocycles. The molecule has 0 aromatic heterocycles. The third-order valence-corrected chi connectivity index (χ3v) is 4.96. The molecule has 0 aromatic carbocycles. The highest BCUT2D eigenvalue weighted by Crippen LogP contribution is 2.43. The molecule has 6 heteroatoms. The van der Waals surface area contributed by atoms with Gasteiger partial charge in [0.15, 0.2) is 0 Å². The summed E-state index contributed by atoms with van der Waals surface area (Å²) < 4.78 is 10.8. The molecular weight excluding hydrogens is 320 g/mol. The van der Waals surface area contributed by atoms with Crippen LogP contribution in [0.1, 0.15) is 79.6 Å². The molecule has 0 atom stereocenters. The molecule has 1 spiro atoms. The van der Waals surface area contributed by atoms with Gasteiger partial charge in [-0.15, -0.1) is 0 Å². The molecule has 1 saturated heterocycles. The Balaban J connectivity index is 1.78. The van der Waals surface area contributed by atoms with Crippen molar-refractivity contribution in [3.05, 3.63) is 0 Å². The number of hydrazine groups is 1. The first-order chi connectivity index (χ1) is 11.5. The van der Waals surface area contributed by atoms with Crippen molar-refractivity contribution in [2.24, 2.45) is 5.41 Å². The molecule has 25 heavy (non-hydrogen) atoms. The quantitative estimate of drug-likeness (QED) is 0.778. The Morgan fingerprint density at radius 2 is 1.64 bits per heavy atom. The Hall–Kier alpha value is -1.30. The van der Waals surface area contributed by atoms with Crippen LogP contribution < -0.4 is 5.43 Å². The lowest BCUT2D eigenvalue weighted by Gasteiger charge is -2.33. The number of carbonyl (C=O) groups is 2. The van der Waals surface area contributed by atoms with Crippen molar-refractivity contribution in [3.8, 4) is 0 Å². The molecule has 1 heterocycles. The maximum absolute atomic E-state index is 12.2. The molecule has 2 rings (SSSR count). The van der Waals surface area contributed by atoms with Crippen LogP contribution in [-0.2, 0) is 14.3 Å². The number of hydrogen-bond donors (Lipinski definition) is 1. The van der Waals surface area contributed by atoms with Crippen LogP contribution in [0.2, 0.25) is 0 Å². The van der Waals surface area contributed by atoms with Gasteiger partial charge in [0.2, 0.25) is 0 Å². The molecule has 1 aliphatic carbocycles. The van der Waals surface area contributed by atoms with E-state index in [0.717, 1.165) is 19.5 Å².